The van der Waals surface area contributed by atoms with Crippen molar-refractivity contribution in [1.82, 2.24) is 9.55 Å². The van der Waals surface area contributed by atoms with E-state index >= 15 is 0 Å². The van der Waals surface area contributed by atoms with Crippen molar-refractivity contribution in [2.24, 2.45) is 29.1 Å². The summed E-state index contributed by atoms with van der Waals surface area (Å²) in [7, 11) is 0. The molecule has 9 atom stereocenters. The minimum Gasteiger partial charge on any atom is -0.463 e. The lowest BCUT2D eigenvalue weighted by Gasteiger charge is -2.44. The number of aromatic nitrogens is 2. The number of fused-ring (bicyclic) bond motifs is 1. The molecule has 1 aromatic heterocycles. The fourth-order valence-electron chi connectivity index (χ4n) is 9.26. The van der Waals surface area contributed by atoms with Gasteiger partial charge in [-0.3, -0.25) is 14.2 Å². The summed E-state index contributed by atoms with van der Waals surface area (Å²) in [6.07, 6.45) is 13.4. The SMILES string of the molecule is C=C1/C(=C\C=C2/CCC[C@@]3(C)C2CCC3[C@@H](C)/C=C/C(OC(=O)CCCC(=O)OCC2OC(n3ccc(N)nc3=O)C(F)(F)C2O)C2CC2)CCC[C@@H]1O. The average Bonchev–Trinajstić information content (AvgIpc) is 3.87. The number of halogens is 2. The van der Waals surface area contributed by atoms with Crippen molar-refractivity contribution in [2.45, 2.75) is 134 Å². The molecule has 0 aromatic carbocycles. The Morgan fingerprint density at radius 2 is 1.87 bits per heavy atom. The molecule has 6 unspecified atom stereocenters. The maximum absolute atomic E-state index is 14.8. The highest BCUT2D eigenvalue weighted by Crippen LogP contribution is 2.59. The van der Waals surface area contributed by atoms with Gasteiger partial charge in [0.15, 0.2) is 6.10 Å². The summed E-state index contributed by atoms with van der Waals surface area (Å²) in [5.74, 6) is -3.57. The Morgan fingerprint density at radius 1 is 1.11 bits per heavy atom. The van der Waals surface area contributed by atoms with Gasteiger partial charge in [-0.2, -0.15) is 13.8 Å². The number of hydrogen-bond donors (Lipinski definition) is 3. The number of rotatable bonds is 13. The number of carbonyl (C=O) groups is 2. The van der Waals surface area contributed by atoms with Crippen molar-refractivity contribution in [3.63, 3.8) is 0 Å². The Balaban J connectivity index is 0.960. The molecule has 0 bridgehead atoms. The number of carbonyl (C=O) groups excluding carboxylic acids is 2. The van der Waals surface area contributed by atoms with Crippen molar-refractivity contribution in [1.29, 1.82) is 0 Å². The summed E-state index contributed by atoms with van der Waals surface area (Å²) in [4.78, 5) is 40.7. The Morgan fingerprint density at radius 3 is 2.61 bits per heavy atom. The maximum Gasteiger partial charge on any atom is 0.351 e. The van der Waals surface area contributed by atoms with Gasteiger partial charge in [0, 0.05) is 19.0 Å². The molecule has 0 spiro atoms. The van der Waals surface area contributed by atoms with Gasteiger partial charge in [-0.15, -0.1) is 0 Å². The van der Waals surface area contributed by atoms with Crippen LogP contribution in [0.5, 0.6) is 0 Å². The predicted molar refractivity (Wildman–Crippen MR) is 197 cm³/mol. The number of ether oxygens (including phenoxy) is 3. The van der Waals surface area contributed by atoms with Crippen molar-refractivity contribution < 1.29 is 42.8 Å². The highest BCUT2D eigenvalue weighted by atomic mass is 19.3. The van der Waals surface area contributed by atoms with Gasteiger partial charge in [-0.05, 0) is 123 Å². The van der Waals surface area contributed by atoms with Gasteiger partial charge in [0.25, 0.3) is 0 Å². The van der Waals surface area contributed by atoms with Crippen LogP contribution >= 0.6 is 0 Å². The zero-order chi connectivity index (χ0) is 38.8. The van der Waals surface area contributed by atoms with Crippen LogP contribution < -0.4 is 11.4 Å². The van der Waals surface area contributed by atoms with Crippen LogP contribution in [0.15, 0.2) is 64.7 Å². The van der Waals surface area contributed by atoms with Crippen LogP contribution in [0.3, 0.4) is 0 Å². The van der Waals surface area contributed by atoms with E-state index in [9.17, 15) is 33.4 Å². The summed E-state index contributed by atoms with van der Waals surface area (Å²) in [6.45, 7) is 8.19. The molecular weight excluding hydrogens is 700 g/mol. The summed E-state index contributed by atoms with van der Waals surface area (Å²) in [5, 5.41) is 20.4. The first-order valence-electron chi connectivity index (χ1n) is 19.5. The molecule has 11 nitrogen and oxygen atoms in total. The monoisotopic (exact) mass is 755 g/mol. The lowest BCUT2D eigenvalue weighted by atomic mass is 9.61. The third kappa shape index (κ3) is 8.73. The first kappa shape index (κ1) is 40.0. The molecule has 4 aliphatic carbocycles. The highest BCUT2D eigenvalue weighted by Gasteiger charge is 2.60. The lowest BCUT2D eigenvalue weighted by molar-refractivity contribution is -0.151. The van der Waals surface area contributed by atoms with E-state index in [1.165, 1.54) is 17.6 Å². The molecule has 5 aliphatic rings. The molecule has 13 heteroatoms. The number of nitrogens with zero attached hydrogens (tertiary/aromatic N) is 2. The normalized spacial score (nSPS) is 33.6. The van der Waals surface area contributed by atoms with Gasteiger partial charge in [0.1, 0.15) is 24.6 Å². The zero-order valence-corrected chi connectivity index (χ0v) is 31.3. The van der Waals surface area contributed by atoms with Gasteiger partial charge in [-0.1, -0.05) is 44.2 Å². The standard InChI is InChI=1S/C41H55F2N3O8/c1-24(29-17-18-30-27(8-6-21-40(29,30)3)14-13-26-7-4-9-31(47)25(26)2)12-19-32(28-15-16-28)53-36(49)11-5-10-35(48)52-23-33-37(50)41(42,43)38(54-33)46-22-20-34(44)45-39(46)51/h12-14,19-20,22,24,28-33,37-38,47,50H,2,4-11,15-18,21,23H2,1,3H3,(H2,44,45,51)/b19-12+,26-13-,27-14+/t24-,29?,30?,31-,32?,33?,37?,38?,40+/m0/s1. The topological polar surface area (TPSA) is 163 Å². The molecule has 4 N–H and O–H groups in total. The first-order valence-corrected chi connectivity index (χ1v) is 19.5. The van der Waals surface area contributed by atoms with Crippen LogP contribution in [-0.2, 0) is 23.8 Å². The summed E-state index contributed by atoms with van der Waals surface area (Å²) in [6, 6.07) is 1.15. The molecule has 6 rings (SSSR count). The van der Waals surface area contributed by atoms with Gasteiger partial charge < -0.3 is 30.2 Å². The van der Waals surface area contributed by atoms with E-state index in [-0.39, 0.29) is 42.5 Å². The average molecular weight is 756 g/mol. The second-order valence-corrected chi connectivity index (χ2v) is 16.2. The molecule has 1 saturated heterocycles. The predicted octanol–water partition coefficient (Wildman–Crippen LogP) is 6.12. The van der Waals surface area contributed by atoms with E-state index in [2.05, 4.69) is 49.7 Å². The highest BCUT2D eigenvalue weighted by molar-refractivity contribution is 5.72. The van der Waals surface area contributed by atoms with Crippen LogP contribution in [0, 0.1) is 29.1 Å². The zero-order valence-electron chi connectivity index (χ0n) is 31.3. The van der Waals surface area contributed by atoms with Crippen molar-refractivity contribution >= 4 is 17.8 Å². The van der Waals surface area contributed by atoms with E-state index in [0.29, 0.717) is 22.3 Å². The van der Waals surface area contributed by atoms with E-state index in [0.717, 1.165) is 75.6 Å². The maximum atomic E-state index is 14.8. The van der Waals surface area contributed by atoms with E-state index in [4.69, 9.17) is 19.9 Å². The quantitative estimate of drug-likeness (QED) is 0.158. The second-order valence-electron chi connectivity index (χ2n) is 16.2. The number of allylic oxidation sites excluding steroid dienone is 4. The molecule has 5 fully saturated rings. The van der Waals surface area contributed by atoms with Gasteiger partial charge >= 0.3 is 23.6 Å². The number of aliphatic hydroxyl groups excluding tert-OH is 2. The smallest absolute Gasteiger partial charge is 0.351 e. The molecular formula is C41H55F2N3O8. The Bertz CT molecular complexity index is 1720. The minimum absolute atomic E-state index is 0.0164. The third-order valence-corrected chi connectivity index (χ3v) is 12.5. The summed E-state index contributed by atoms with van der Waals surface area (Å²) >= 11 is 0. The summed E-state index contributed by atoms with van der Waals surface area (Å²) < 4.78 is 46.2. The molecule has 1 aromatic rings. The van der Waals surface area contributed by atoms with Crippen LogP contribution in [-0.4, -0.2) is 68.6 Å². The Kier molecular flexibility index (Phi) is 12.3. The number of anilines is 1. The number of nitrogen functional groups attached to an aromatic ring is 1. The Labute approximate surface area is 315 Å². The lowest BCUT2D eigenvalue weighted by Crippen LogP contribution is -2.42. The Hall–Kier alpha value is -3.68. The number of nitrogens with two attached hydrogens (primary N) is 1. The molecule has 296 valence electrons. The molecule has 0 radical (unpaired) electrons. The fourth-order valence-corrected chi connectivity index (χ4v) is 9.26. The van der Waals surface area contributed by atoms with E-state index in [1.54, 1.807) is 0 Å². The number of alkyl halides is 2. The number of esters is 2. The molecule has 4 saturated carbocycles. The van der Waals surface area contributed by atoms with Gasteiger partial charge in [0.2, 0.25) is 6.23 Å². The molecule has 2 heterocycles. The third-order valence-electron chi connectivity index (χ3n) is 12.5. The van der Waals surface area contributed by atoms with Crippen LogP contribution in [0.25, 0.3) is 0 Å². The van der Waals surface area contributed by atoms with Gasteiger partial charge in [0.05, 0.1) is 6.10 Å². The van der Waals surface area contributed by atoms with Crippen molar-refractivity contribution in [2.75, 3.05) is 12.3 Å². The van der Waals surface area contributed by atoms with E-state index in [1.807, 2.05) is 0 Å². The van der Waals surface area contributed by atoms with E-state index < -0.39 is 54.7 Å². The second kappa shape index (κ2) is 16.6. The molecule has 1 aliphatic heterocycles. The number of hydrogen-bond acceptors (Lipinski definition) is 10. The molecule has 54 heavy (non-hydrogen) atoms. The van der Waals surface area contributed by atoms with Gasteiger partial charge in [-0.25, -0.2) is 4.79 Å². The minimum atomic E-state index is -3.86. The first-order chi connectivity index (χ1) is 25.7. The van der Waals surface area contributed by atoms with Crippen LogP contribution in [0.4, 0.5) is 14.6 Å². The van der Waals surface area contributed by atoms with Crippen molar-refractivity contribution in [3.05, 3.63) is 70.3 Å². The number of aliphatic hydroxyl groups is 2. The van der Waals surface area contributed by atoms with Crippen molar-refractivity contribution in [3.8, 4) is 0 Å². The molecule has 0 amide bonds. The summed E-state index contributed by atoms with van der Waals surface area (Å²) in [5.41, 5.74) is 8.09. The largest absolute Gasteiger partial charge is 0.463 e. The van der Waals surface area contributed by atoms with Crippen LogP contribution in [0.1, 0.15) is 104 Å². The fraction of sp³-hybridized carbons (Fsp3) is 0.659. The van der Waals surface area contributed by atoms with Crippen LogP contribution in [0.2, 0.25) is 0 Å².